The van der Waals surface area contributed by atoms with Gasteiger partial charge in [0.15, 0.2) is 0 Å². The number of rotatable bonds is 3. The molecule has 0 amide bonds. The van der Waals surface area contributed by atoms with Crippen LogP contribution in [0.1, 0.15) is 37.5 Å². The molecule has 0 atom stereocenters. The van der Waals surface area contributed by atoms with Crippen LogP contribution in [-0.4, -0.2) is 13.5 Å². The molecule has 0 bridgehead atoms. The fourth-order valence-corrected chi connectivity index (χ4v) is 3.91. The van der Waals surface area contributed by atoms with Crippen LogP contribution in [0.3, 0.4) is 0 Å². The van der Waals surface area contributed by atoms with Crippen LogP contribution in [-0.2, 0) is 15.4 Å². The van der Waals surface area contributed by atoms with E-state index in [4.69, 9.17) is 11.6 Å². The van der Waals surface area contributed by atoms with Gasteiger partial charge in [0.2, 0.25) is 0 Å². The molecule has 6 heteroatoms. The Kier molecular flexibility index (Phi) is 4.88. The molecule has 4 nitrogen and oxygen atoms in total. The van der Waals surface area contributed by atoms with E-state index in [1.54, 1.807) is 13.0 Å². The van der Waals surface area contributed by atoms with E-state index in [9.17, 15) is 13.5 Å². The molecule has 0 radical (unpaired) electrons. The zero-order chi connectivity index (χ0) is 18.3. The van der Waals surface area contributed by atoms with Crippen LogP contribution in [0.25, 0.3) is 0 Å². The second-order valence-electron chi connectivity index (χ2n) is 6.93. The van der Waals surface area contributed by atoms with E-state index in [1.165, 1.54) is 18.2 Å². The van der Waals surface area contributed by atoms with E-state index >= 15 is 0 Å². The van der Waals surface area contributed by atoms with Crippen LogP contribution in [0.2, 0.25) is 5.02 Å². The molecule has 2 rings (SSSR count). The molecule has 2 N–H and O–H groups in total. The summed E-state index contributed by atoms with van der Waals surface area (Å²) in [6.07, 6.45) is 0. The Morgan fingerprint density at radius 2 is 1.71 bits per heavy atom. The smallest absolute Gasteiger partial charge is 0.262 e. The monoisotopic (exact) mass is 367 g/mol. The number of phenolic OH excluding ortho intramolecular Hbond substituents is 1. The van der Waals surface area contributed by atoms with Crippen LogP contribution in [0.15, 0.2) is 35.2 Å². The zero-order valence-electron chi connectivity index (χ0n) is 14.4. The van der Waals surface area contributed by atoms with Gasteiger partial charge in [0, 0.05) is 5.02 Å². The van der Waals surface area contributed by atoms with E-state index < -0.39 is 10.0 Å². The number of sulfonamides is 1. The molecule has 0 aliphatic carbocycles. The average Bonchev–Trinajstić information content (AvgIpc) is 2.44. The zero-order valence-corrected chi connectivity index (χ0v) is 16.0. The van der Waals surface area contributed by atoms with Crippen LogP contribution < -0.4 is 4.72 Å². The molecule has 2 aromatic rings. The Labute approximate surface area is 148 Å². The molecule has 0 fully saturated rings. The lowest BCUT2D eigenvalue weighted by Gasteiger charge is -2.22. The number of hydrogen-bond donors (Lipinski definition) is 2. The maximum Gasteiger partial charge on any atom is 0.262 e. The number of aryl methyl sites for hydroxylation is 1. The van der Waals surface area contributed by atoms with Crippen molar-refractivity contribution in [3.63, 3.8) is 0 Å². The van der Waals surface area contributed by atoms with Crippen molar-refractivity contribution >= 4 is 27.3 Å². The Bertz CT molecular complexity index is 884. The highest BCUT2D eigenvalue weighted by Crippen LogP contribution is 2.32. The molecule has 0 saturated carbocycles. The molecule has 24 heavy (non-hydrogen) atoms. The first-order valence-electron chi connectivity index (χ1n) is 7.55. The molecular weight excluding hydrogens is 346 g/mol. The van der Waals surface area contributed by atoms with Gasteiger partial charge in [0.05, 0.1) is 10.6 Å². The average molecular weight is 368 g/mol. The van der Waals surface area contributed by atoms with E-state index in [0.29, 0.717) is 10.6 Å². The van der Waals surface area contributed by atoms with Crippen molar-refractivity contribution in [2.24, 2.45) is 0 Å². The number of nitrogens with one attached hydrogen (secondary N) is 1. The van der Waals surface area contributed by atoms with Crippen molar-refractivity contribution in [2.45, 2.75) is 44.9 Å². The van der Waals surface area contributed by atoms with Gasteiger partial charge < -0.3 is 5.11 Å². The van der Waals surface area contributed by atoms with Gasteiger partial charge in [-0.2, -0.15) is 0 Å². The van der Waals surface area contributed by atoms with Gasteiger partial charge >= 0.3 is 0 Å². The maximum absolute atomic E-state index is 12.9. The Morgan fingerprint density at radius 3 is 2.29 bits per heavy atom. The molecule has 2 aromatic carbocycles. The van der Waals surface area contributed by atoms with Gasteiger partial charge in [-0.3, -0.25) is 4.72 Å². The fourth-order valence-electron chi connectivity index (χ4n) is 2.33. The SMILES string of the molecule is Cc1cc(C(C)(C)C)cc(S(=O)(=O)Nc2cc(Cl)ccc2O)c1C. The highest BCUT2D eigenvalue weighted by atomic mass is 35.5. The summed E-state index contributed by atoms with van der Waals surface area (Å²) in [6, 6.07) is 7.91. The van der Waals surface area contributed by atoms with E-state index in [0.717, 1.165) is 11.1 Å². The highest BCUT2D eigenvalue weighted by Gasteiger charge is 2.24. The lowest BCUT2D eigenvalue weighted by atomic mass is 9.85. The minimum Gasteiger partial charge on any atom is -0.506 e. The molecule has 0 heterocycles. The Balaban J connectivity index is 2.57. The molecule has 0 unspecified atom stereocenters. The highest BCUT2D eigenvalue weighted by molar-refractivity contribution is 7.92. The van der Waals surface area contributed by atoms with Gasteiger partial charge in [0.1, 0.15) is 5.75 Å². The first-order valence-corrected chi connectivity index (χ1v) is 9.41. The van der Waals surface area contributed by atoms with Crippen molar-refractivity contribution in [1.82, 2.24) is 0 Å². The summed E-state index contributed by atoms with van der Waals surface area (Å²) in [4.78, 5) is 0.201. The minimum absolute atomic E-state index is 0.0562. The van der Waals surface area contributed by atoms with Crippen LogP contribution in [0, 0.1) is 13.8 Å². The summed E-state index contributed by atoms with van der Waals surface area (Å²) in [5, 5.41) is 10.2. The van der Waals surface area contributed by atoms with E-state index in [1.807, 2.05) is 33.8 Å². The van der Waals surface area contributed by atoms with Crippen LogP contribution in [0.4, 0.5) is 5.69 Å². The van der Waals surface area contributed by atoms with Crippen LogP contribution >= 0.6 is 11.6 Å². The van der Waals surface area contributed by atoms with Gasteiger partial charge in [-0.05, 0) is 60.2 Å². The van der Waals surface area contributed by atoms with Crippen LogP contribution in [0.5, 0.6) is 5.75 Å². The topological polar surface area (TPSA) is 66.4 Å². The van der Waals surface area contributed by atoms with Crippen molar-refractivity contribution < 1.29 is 13.5 Å². The second kappa shape index (κ2) is 6.30. The summed E-state index contributed by atoms with van der Waals surface area (Å²) in [6.45, 7) is 9.76. The standard InChI is InChI=1S/C18H22ClNO3S/c1-11-8-13(18(3,4)5)9-17(12(11)2)24(22,23)20-15-10-14(19)6-7-16(15)21/h6-10,20-21H,1-5H3. The third-order valence-electron chi connectivity index (χ3n) is 3.98. The van der Waals surface area contributed by atoms with Gasteiger partial charge in [-0.15, -0.1) is 0 Å². The fraction of sp³-hybridized carbons (Fsp3) is 0.333. The van der Waals surface area contributed by atoms with E-state index in [-0.39, 0.29) is 21.7 Å². The third-order valence-corrected chi connectivity index (χ3v) is 5.70. The summed E-state index contributed by atoms with van der Waals surface area (Å²) in [7, 11) is -3.86. The molecule has 130 valence electrons. The Hall–Kier alpha value is -1.72. The number of aromatic hydroxyl groups is 1. The quantitative estimate of drug-likeness (QED) is 0.768. The summed E-state index contributed by atoms with van der Waals surface area (Å²) in [5.41, 5.74) is 2.39. The number of hydrogen-bond acceptors (Lipinski definition) is 3. The molecule has 0 spiro atoms. The predicted octanol–water partition coefficient (Wildman–Crippen LogP) is 4.76. The molecular formula is C18H22ClNO3S. The molecule has 0 aromatic heterocycles. The summed E-state index contributed by atoms with van der Waals surface area (Å²) < 4.78 is 28.1. The Morgan fingerprint density at radius 1 is 1.08 bits per heavy atom. The third kappa shape index (κ3) is 3.84. The minimum atomic E-state index is -3.86. The molecule has 0 aliphatic rings. The van der Waals surface area contributed by atoms with Crippen molar-refractivity contribution in [3.8, 4) is 5.75 Å². The molecule has 0 saturated heterocycles. The maximum atomic E-state index is 12.9. The predicted molar refractivity (Wildman–Crippen MR) is 98.5 cm³/mol. The number of anilines is 1. The first kappa shape index (κ1) is 18.6. The van der Waals surface area contributed by atoms with Gasteiger partial charge in [-0.25, -0.2) is 8.42 Å². The summed E-state index contributed by atoms with van der Waals surface area (Å²) in [5.74, 6) is -0.177. The number of phenols is 1. The van der Waals surface area contributed by atoms with Gasteiger partial charge in [0.25, 0.3) is 10.0 Å². The van der Waals surface area contributed by atoms with Gasteiger partial charge in [-0.1, -0.05) is 38.4 Å². The second-order valence-corrected chi connectivity index (χ2v) is 9.02. The lowest BCUT2D eigenvalue weighted by molar-refractivity contribution is 0.477. The first-order chi connectivity index (χ1) is 10.9. The number of benzene rings is 2. The van der Waals surface area contributed by atoms with E-state index in [2.05, 4.69) is 4.72 Å². The summed E-state index contributed by atoms with van der Waals surface area (Å²) >= 11 is 5.89. The lowest BCUT2D eigenvalue weighted by Crippen LogP contribution is -2.18. The van der Waals surface area contributed by atoms with Crippen molar-refractivity contribution in [2.75, 3.05) is 4.72 Å². The largest absolute Gasteiger partial charge is 0.506 e. The normalized spacial score (nSPS) is 12.2. The van der Waals surface area contributed by atoms with Crippen molar-refractivity contribution in [1.29, 1.82) is 0 Å². The molecule has 0 aliphatic heterocycles. The van der Waals surface area contributed by atoms with Crippen molar-refractivity contribution in [3.05, 3.63) is 52.0 Å². The number of halogens is 1.